The number of benzene rings is 1. The first kappa shape index (κ1) is 20.5. The van der Waals surface area contributed by atoms with E-state index < -0.39 is 5.25 Å². The highest BCUT2D eigenvalue weighted by atomic mass is 35.5. The number of nitrogens with zero attached hydrogens (tertiary/aromatic N) is 1. The summed E-state index contributed by atoms with van der Waals surface area (Å²) in [7, 11) is 3.10. The third-order valence-electron chi connectivity index (χ3n) is 3.65. The number of aliphatic imine (C=N–C) groups is 1. The molecule has 0 spiro atoms. The molecule has 1 aromatic carbocycles. The largest absolute Gasteiger partial charge is 0.495 e. The zero-order valence-corrected chi connectivity index (χ0v) is 16.7. The van der Waals surface area contributed by atoms with Gasteiger partial charge in [0.1, 0.15) is 11.0 Å². The molecule has 0 saturated carbocycles. The quantitative estimate of drug-likeness (QED) is 0.735. The van der Waals surface area contributed by atoms with Crippen molar-refractivity contribution in [3.8, 4) is 5.75 Å². The zero-order chi connectivity index (χ0) is 19.3. The lowest BCUT2D eigenvalue weighted by Gasteiger charge is -2.13. The highest BCUT2D eigenvalue weighted by Gasteiger charge is 2.32. The van der Waals surface area contributed by atoms with Crippen LogP contribution >= 0.6 is 23.4 Å². The number of carbonyl (C=O) groups excluding carboxylic acids is 2. The van der Waals surface area contributed by atoms with Crippen LogP contribution in [0.15, 0.2) is 17.1 Å². The molecular weight excluding hydrogens is 378 g/mol. The van der Waals surface area contributed by atoms with Crippen LogP contribution in [0.3, 0.4) is 0 Å². The van der Waals surface area contributed by atoms with E-state index >= 15 is 0 Å². The Balaban J connectivity index is 2.00. The Labute approximate surface area is 161 Å². The Morgan fingerprint density at radius 2 is 2.19 bits per heavy atom. The number of hydrogen-bond donors (Lipinski definition) is 2. The van der Waals surface area contributed by atoms with E-state index in [0.717, 1.165) is 5.56 Å². The summed E-state index contributed by atoms with van der Waals surface area (Å²) >= 11 is 7.31. The predicted molar refractivity (Wildman–Crippen MR) is 104 cm³/mol. The Morgan fingerprint density at radius 3 is 2.85 bits per heavy atom. The van der Waals surface area contributed by atoms with Gasteiger partial charge in [-0.15, -0.1) is 0 Å². The molecule has 0 aliphatic carbocycles. The van der Waals surface area contributed by atoms with Crippen molar-refractivity contribution in [2.75, 3.05) is 26.1 Å². The standard InChI is InChI=1S/C17H22ClN3O4S/c1-9-5-12(13(25-4)6-11(9)18)20-15(22)7-14-16(23)21-17(26-14)19-10(2)8-24-3/h5-6,10,14H,7-8H2,1-4H3,(H,20,22)(H,19,21,23)/t10-,14+/m0/s1. The van der Waals surface area contributed by atoms with Gasteiger partial charge < -0.3 is 20.1 Å². The molecule has 2 N–H and O–H groups in total. The van der Waals surface area contributed by atoms with E-state index in [1.54, 1.807) is 19.2 Å². The number of hydrogen-bond acceptors (Lipinski definition) is 6. The number of methoxy groups -OCH3 is 2. The minimum Gasteiger partial charge on any atom is -0.495 e. The maximum Gasteiger partial charge on any atom is 0.240 e. The summed E-state index contributed by atoms with van der Waals surface area (Å²) in [5, 5.41) is 6.01. The summed E-state index contributed by atoms with van der Waals surface area (Å²) in [6.45, 7) is 4.18. The van der Waals surface area contributed by atoms with E-state index in [0.29, 0.717) is 28.2 Å². The SMILES string of the molecule is COC[C@H](C)N=C1NC(=O)[C@@H](CC(=O)Nc2cc(C)c(Cl)cc2OC)S1. The van der Waals surface area contributed by atoms with Gasteiger partial charge in [-0.3, -0.25) is 14.6 Å². The lowest BCUT2D eigenvalue weighted by Crippen LogP contribution is -2.28. The molecule has 142 valence electrons. The van der Waals surface area contributed by atoms with Crippen LogP contribution in [0.4, 0.5) is 5.69 Å². The molecule has 1 aromatic rings. The number of rotatable bonds is 7. The Morgan fingerprint density at radius 1 is 1.46 bits per heavy atom. The summed E-state index contributed by atoms with van der Waals surface area (Å²) in [6.07, 6.45) is 0.0268. The zero-order valence-electron chi connectivity index (χ0n) is 15.1. The van der Waals surface area contributed by atoms with E-state index in [9.17, 15) is 9.59 Å². The predicted octanol–water partition coefficient (Wildman–Crippen LogP) is 2.61. The maximum absolute atomic E-state index is 12.4. The van der Waals surface area contributed by atoms with E-state index in [2.05, 4.69) is 15.6 Å². The lowest BCUT2D eigenvalue weighted by molar-refractivity contribution is -0.122. The molecule has 0 unspecified atom stereocenters. The molecule has 1 fully saturated rings. The molecule has 1 saturated heterocycles. The van der Waals surface area contributed by atoms with Gasteiger partial charge >= 0.3 is 0 Å². The lowest BCUT2D eigenvalue weighted by atomic mass is 10.2. The topological polar surface area (TPSA) is 89.0 Å². The summed E-state index contributed by atoms with van der Waals surface area (Å²) in [5.41, 5.74) is 1.34. The summed E-state index contributed by atoms with van der Waals surface area (Å²) < 4.78 is 10.3. The van der Waals surface area contributed by atoms with Crippen LogP contribution in [0.25, 0.3) is 0 Å². The number of anilines is 1. The smallest absolute Gasteiger partial charge is 0.240 e. The molecule has 0 radical (unpaired) electrons. The van der Waals surface area contributed by atoms with Crippen molar-refractivity contribution in [3.05, 3.63) is 22.7 Å². The van der Waals surface area contributed by atoms with Crippen LogP contribution in [0, 0.1) is 6.92 Å². The number of amidine groups is 1. The Hall–Kier alpha value is -1.77. The average molecular weight is 400 g/mol. The molecule has 0 bridgehead atoms. The number of nitrogens with one attached hydrogen (secondary N) is 2. The van der Waals surface area contributed by atoms with Gasteiger partial charge in [0.05, 0.1) is 25.4 Å². The van der Waals surface area contributed by atoms with E-state index in [1.165, 1.54) is 18.9 Å². The minimum atomic E-state index is -0.525. The van der Waals surface area contributed by atoms with E-state index in [-0.39, 0.29) is 24.3 Å². The fourth-order valence-electron chi connectivity index (χ4n) is 2.38. The maximum atomic E-state index is 12.4. The molecule has 7 nitrogen and oxygen atoms in total. The van der Waals surface area contributed by atoms with Crippen molar-refractivity contribution >= 4 is 46.0 Å². The van der Waals surface area contributed by atoms with Gasteiger partial charge in [0.2, 0.25) is 11.8 Å². The third-order valence-corrected chi connectivity index (χ3v) is 5.15. The van der Waals surface area contributed by atoms with Crippen molar-refractivity contribution in [3.63, 3.8) is 0 Å². The molecule has 0 aromatic heterocycles. The second-order valence-corrected chi connectivity index (χ2v) is 7.49. The molecular formula is C17H22ClN3O4S. The van der Waals surface area contributed by atoms with Gasteiger partial charge in [0.15, 0.2) is 5.17 Å². The molecule has 1 heterocycles. The second kappa shape index (κ2) is 9.25. The van der Waals surface area contributed by atoms with Crippen LogP contribution in [0.5, 0.6) is 5.75 Å². The average Bonchev–Trinajstić information content (AvgIpc) is 2.89. The molecule has 2 rings (SSSR count). The monoisotopic (exact) mass is 399 g/mol. The molecule has 26 heavy (non-hydrogen) atoms. The molecule has 2 atom stereocenters. The van der Waals surface area contributed by atoms with Gasteiger partial charge in [-0.2, -0.15) is 0 Å². The summed E-state index contributed by atoms with van der Waals surface area (Å²) in [5.74, 6) is -0.0512. The van der Waals surface area contributed by atoms with Gasteiger partial charge in [0.25, 0.3) is 0 Å². The van der Waals surface area contributed by atoms with E-state index in [1.807, 2.05) is 13.8 Å². The van der Waals surface area contributed by atoms with E-state index in [4.69, 9.17) is 21.1 Å². The van der Waals surface area contributed by atoms with Crippen LogP contribution in [0.1, 0.15) is 18.9 Å². The van der Waals surface area contributed by atoms with Crippen molar-refractivity contribution in [1.29, 1.82) is 0 Å². The van der Waals surface area contributed by atoms with Crippen molar-refractivity contribution in [1.82, 2.24) is 5.32 Å². The first-order valence-corrected chi connectivity index (χ1v) is 9.28. The number of carbonyl (C=O) groups is 2. The highest BCUT2D eigenvalue weighted by Crippen LogP contribution is 2.31. The van der Waals surface area contributed by atoms with Crippen LogP contribution in [-0.4, -0.2) is 49.1 Å². The van der Waals surface area contributed by atoms with Crippen molar-refractivity contribution in [2.45, 2.75) is 31.6 Å². The third kappa shape index (κ3) is 5.36. The Bertz CT molecular complexity index is 726. The van der Waals surface area contributed by atoms with Crippen LogP contribution < -0.4 is 15.4 Å². The van der Waals surface area contributed by atoms with Gasteiger partial charge in [0, 0.05) is 24.6 Å². The molecule has 2 amide bonds. The van der Waals surface area contributed by atoms with Crippen molar-refractivity contribution in [2.24, 2.45) is 4.99 Å². The number of ether oxygens (including phenoxy) is 2. The van der Waals surface area contributed by atoms with Gasteiger partial charge in [-0.25, -0.2) is 0 Å². The first-order chi connectivity index (χ1) is 12.3. The number of amides is 2. The summed E-state index contributed by atoms with van der Waals surface area (Å²) in [4.78, 5) is 28.8. The Kier molecular flexibility index (Phi) is 7.31. The number of aryl methyl sites for hydroxylation is 1. The fourth-order valence-corrected chi connectivity index (χ4v) is 3.60. The number of thioether (sulfide) groups is 1. The minimum absolute atomic E-state index is 0.0268. The van der Waals surface area contributed by atoms with Crippen molar-refractivity contribution < 1.29 is 19.1 Å². The molecule has 9 heteroatoms. The van der Waals surface area contributed by atoms with Gasteiger partial charge in [-0.1, -0.05) is 23.4 Å². The normalized spacial score (nSPS) is 19.3. The first-order valence-electron chi connectivity index (χ1n) is 8.02. The molecule has 1 aliphatic rings. The van der Waals surface area contributed by atoms with Gasteiger partial charge in [-0.05, 0) is 25.5 Å². The molecule has 1 aliphatic heterocycles. The highest BCUT2D eigenvalue weighted by molar-refractivity contribution is 8.15. The summed E-state index contributed by atoms with van der Waals surface area (Å²) in [6, 6.07) is 3.31. The second-order valence-electron chi connectivity index (χ2n) is 5.89. The number of halogens is 1. The van der Waals surface area contributed by atoms with Crippen LogP contribution in [0.2, 0.25) is 5.02 Å². The van der Waals surface area contributed by atoms with Crippen LogP contribution in [-0.2, 0) is 14.3 Å². The fraction of sp³-hybridized carbons (Fsp3) is 0.471.